The fourth-order valence-corrected chi connectivity index (χ4v) is 0.642. The van der Waals surface area contributed by atoms with Gasteiger partial charge in [-0.25, -0.2) is 0 Å². The molecule has 0 aliphatic heterocycles. The molecule has 0 unspecified atom stereocenters. The van der Waals surface area contributed by atoms with Crippen molar-refractivity contribution in [1.29, 1.82) is 0 Å². The molecule has 0 spiro atoms. The minimum absolute atomic E-state index is 0. The number of halogens is 1. The molecule has 0 heterocycles. The molecule has 0 amide bonds. The van der Waals surface area contributed by atoms with E-state index in [0.717, 1.165) is 19.3 Å². The van der Waals surface area contributed by atoms with E-state index in [0.29, 0.717) is 19.3 Å². The molecule has 0 fully saturated rings. The summed E-state index contributed by atoms with van der Waals surface area (Å²) in [7, 11) is 0. The van der Waals surface area contributed by atoms with Crippen molar-refractivity contribution in [1.82, 2.24) is 0 Å². The Kier molecular flexibility index (Phi) is 49.1. The third-order valence-electron chi connectivity index (χ3n) is 1.39. The van der Waals surface area contributed by atoms with Gasteiger partial charge in [0.1, 0.15) is 0 Å². The van der Waals surface area contributed by atoms with Crippen molar-refractivity contribution in [2.75, 3.05) is 0 Å². The third-order valence-corrected chi connectivity index (χ3v) is 1.39. The van der Waals surface area contributed by atoms with Gasteiger partial charge in [0.25, 0.3) is 0 Å². The molecule has 0 aromatic carbocycles. The second-order valence-corrected chi connectivity index (χ2v) is 3.43. The van der Waals surface area contributed by atoms with Crippen LogP contribution in [0.1, 0.15) is 59.3 Å². The molecule has 9 heteroatoms. The number of rotatable bonds is 6. The summed E-state index contributed by atoms with van der Waals surface area (Å²) in [5.74, 6) is -2.13. The smallest absolute Gasteiger partial charge is 0.303 e. The van der Waals surface area contributed by atoms with Gasteiger partial charge in [-0.05, 0) is 19.3 Å². The monoisotopic (exact) mass is 406 g/mol. The fourth-order valence-electron chi connectivity index (χ4n) is 0.642. The number of hydrogen-bond donors (Lipinski definition) is 4. The predicted octanol–water partition coefficient (Wildman–Crippen LogP) is 2.74. The van der Waals surface area contributed by atoms with Gasteiger partial charge in [0.05, 0.1) is 11.9 Å². The molecule has 0 saturated heterocycles. The molecule has 0 aliphatic rings. The van der Waals surface area contributed by atoms with Crippen LogP contribution < -0.4 is 0 Å². The van der Waals surface area contributed by atoms with E-state index in [4.69, 9.17) is 20.0 Å². The van der Waals surface area contributed by atoms with Crippen LogP contribution in [0.25, 0.3) is 0 Å². The number of carbonyl (C=O) groups is 3. The Hall–Kier alpha value is -0.457. The summed E-state index contributed by atoms with van der Waals surface area (Å²) in [5, 5.41) is 23.7. The van der Waals surface area contributed by atoms with Crippen LogP contribution in [0.4, 0.5) is 0 Å². The van der Waals surface area contributed by atoms with E-state index in [9.17, 15) is 14.4 Å². The van der Waals surface area contributed by atoms with E-state index in [2.05, 4.69) is 11.9 Å². The maximum Gasteiger partial charge on any atom is 0.303 e. The van der Waals surface area contributed by atoms with Gasteiger partial charge >= 0.3 is 17.9 Å². The van der Waals surface area contributed by atoms with Crippen molar-refractivity contribution in [3.63, 3.8) is 0 Å². The number of carboxylic acid groups (broad SMARTS) is 3. The van der Waals surface area contributed by atoms with Gasteiger partial charge in [-0.1, -0.05) is 20.8 Å². The van der Waals surface area contributed by atoms with Crippen LogP contribution in [0.5, 0.6) is 0 Å². The van der Waals surface area contributed by atoms with Crippen molar-refractivity contribution < 1.29 is 60.6 Å². The van der Waals surface area contributed by atoms with Crippen LogP contribution in [0.3, 0.4) is 0 Å². The average Bonchev–Trinajstić information content (AvgIpc) is 2.32. The zero-order chi connectivity index (χ0) is 17.0. The minimum Gasteiger partial charge on any atom is -0.481 e. The zero-order valence-corrected chi connectivity index (χ0v) is 15.8. The van der Waals surface area contributed by atoms with Crippen molar-refractivity contribution in [2.45, 2.75) is 59.3 Å². The molecule has 0 radical (unpaired) electrons. The molecule has 0 rings (SSSR count). The minimum atomic E-state index is -0.711. The molecule has 0 aliphatic carbocycles. The second kappa shape index (κ2) is 31.8. The van der Waals surface area contributed by atoms with E-state index >= 15 is 0 Å². The second-order valence-electron chi connectivity index (χ2n) is 3.43. The number of aliphatic carboxylic acids is 3. The van der Waals surface area contributed by atoms with Gasteiger partial charge in [0.15, 0.2) is 0 Å². The standard InChI is InChI=1S/3C4H8O2.ClHO.Zr/c3*1-2-3-4(5)6;1-2;/h3*2-3H2,1H3,(H,5,6);2H;. The summed E-state index contributed by atoms with van der Waals surface area (Å²) in [6.07, 6.45) is 3.07. The third kappa shape index (κ3) is 82.4. The largest absolute Gasteiger partial charge is 0.481 e. The van der Waals surface area contributed by atoms with Gasteiger partial charge in [0.2, 0.25) is 0 Å². The van der Waals surface area contributed by atoms with Crippen molar-refractivity contribution in [3.8, 4) is 0 Å². The Morgan fingerprint density at radius 3 is 0.810 bits per heavy atom. The molecular formula is C12H25ClO7Zr. The topological polar surface area (TPSA) is 132 Å². The fraction of sp³-hybridized carbons (Fsp3) is 0.750. The summed E-state index contributed by atoms with van der Waals surface area (Å²) < 4.78 is 6.47. The molecule has 0 bridgehead atoms. The molecule has 0 aromatic rings. The van der Waals surface area contributed by atoms with Gasteiger partial charge in [-0.15, -0.1) is 0 Å². The Morgan fingerprint density at radius 1 is 0.667 bits per heavy atom. The number of carboxylic acids is 3. The first-order valence-electron chi connectivity index (χ1n) is 6.13. The first kappa shape index (κ1) is 32.5. The molecule has 4 N–H and O–H groups in total. The summed E-state index contributed by atoms with van der Waals surface area (Å²) in [6, 6.07) is 0. The van der Waals surface area contributed by atoms with Crippen LogP contribution in [0.2, 0.25) is 0 Å². The summed E-state index contributed by atoms with van der Waals surface area (Å²) in [5.41, 5.74) is 0. The van der Waals surface area contributed by atoms with E-state index in [1.165, 1.54) is 0 Å². The first-order valence-corrected chi connectivity index (χ1v) is 6.47. The van der Waals surface area contributed by atoms with E-state index in [1.54, 1.807) is 0 Å². The van der Waals surface area contributed by atoms with Crippen molar-refractivity contribution in [2.24, 2.45) is 0 Å². The maximum atomic E-state index is 9.60. The molecule has 0 aromatic heterocycles. The van der Waals surface area contributed by atoms with Gasteiger partial charge in [0, 0.05) is 45.5 Å². The SMILES string of the molecule is CCCC(=O)O.CCCC(=O)O.CCCC(=O)O.OCl.[Zr]. The van der Waals surface area contributed by atoms with Gasteiger partial charge in [-0.2, -0.15) is 0 Å². The zero-order valence-electron chi connectivity index (χ0n) is 12.6. The van der Waals surface area contributed by atoms with Crippen LogP contribution in [-0.2, 0) is 40.6 Å². The van der Waals surface area contributed by atoms with E-state index in [-0.39, 0.29) is 26.2 Å². The predicted molar refractivity (Wildman–Crippen MR) is 75.7 cm³/mol. The van der Waals surface area contributed by atoms with E-state index in [1.807, 2.05) is 20.8 Å². The molecule has 0 atom stereocenters. The van der Waals surface area contributed by atoms with Gasteiger partial charge < -0.3 is 15.3 Å². The van der Waals surface area contributed by atoms with E-state index < -0.39 is 17.9 Å². The normalized spacial score (nSPS) is 7.29. The van der Waals surface area contributed by atoms with Crippen molar-refractivity contribution in [3.05, 3.63) is 0 Å². The van der Waals surface area contributed by atoms with Crippen LogP contribution >= 0.6 is 11.9 Å². The maximum absolute atomic E-state index is 9.60. The quantitative estimate of drug-likeness (QED) is 0.532. The molecule has 7 nitrogen and oxygen atoms in total. The summed E-state index contributed by atoms with van der Waals surface area (Å²) in [6.45, 7) is 5.52. The Balaban J connectivity index is -0.0000000561. The Bertz CT molecular complexity index is 200. The van der Waals surface area contributed by atoms with Crippen molar-refractivity contribution >= 4 is 29.8 Å². The molecular weight excluding hydrogens is 383 g/mol. The average molecular weight is 408 g/mol. The van der Waals surface area contributed by atoms with Crippen LogP contribution in [0, 0.1) is 0 Å². The molecule has 126 valence electrons. The molecule has 21 heavy (non-hydrogen) atoms. The Labute approximate surface area is 149 Å². The molecule has 0 saturated carbocycles. The van der Waals surface area contributed by atoms with Crippen LogP contribution in [0.15, 0.2) is 0 Å². The van der Waals surface area contributed by atoms with Gasteiger partial charge in [-0.3, -0.25) is 19.0 Å². The summed E-state index contributed by atoms with van der Waals surface area (Å²) >= 11 is 3.64. The number of hydrogen-bond acceptors (Lipinski definition) is 4. The van der Waals surface area contributed by atoms with Crippen LogP contribution in [-0.4, -0.2) is 37.9 Å². The Morgan fingerprint density at radius 2 is 0.810 bits per heavy atom. The first-order chi connectivity index (χ1) is 9.31. The summed E-state index contributed by atoms with van der Waals surface area (Å²) in [4.78, 5) is 28.8.